The number of carbonyl (C=O) groups excluding carboxylic acids is 2. The van der Waals surface area contributed by atoms with E-state index >= 15 is 0 Å². The van der Waals surface area contributed by atoms with Gasteiger partial charge in [-0.15, -0.1) is 11.3 Å². The molecule has 0 saturated carbocycles. The summed E-state index contributed by atoms with van der Waals surface area (Å²) in [6.07, 6.45) is 0.107. The summed E-state index contributed by atoms with van der Waals surface area (Å²) in [4.78, 5) is 28.7. The zero-order valence-electron chi connectivity index (χ0n) is 12.7. The van der Waals surface area contributed by atoms with Crippen molar-refractivity contribution in [2.24, 2.45) is 0 Å². The second-order valence-electron chi connectivity index (χ2n) is 5.58. The van der Waals surface area contributed by atoms with Crippen molar-refractivity contribution in [2.45, 2.75) is 18.9 Å². The largest absolute Gasteiger partial charge is 0.458 e. The molecule has 1 amide bonds. The zero-order chi connectivity index (χ0) is 16.5. The number of aromatic nitrogens is 1. The molecule has 120 valence electrons. The van der Waals surface area contributed by atoms with Gasteiger partial charge in [0.1, 0.15) is 11.6 Å². The van der Waals surface area contributed by atoms with Crippen molar-refractivity contribution in [3.05, 3.63) is 59.1 Å². The van der Waals surface area contributed by atoms with E-state index in [4.69, 9.17) is 4.74 Å². The molecule has 1 N–H and O–H groups in total. The van der Waals surface area contributed by atoms with Gasteiger partial charge in [0.15, 0.2) is 0 Å². The third kappa shape index (κ3) is 2.76. The van der Waals surface area contributed by atoms with Gasteiger partial charge in [0.2, 0.25) is 5.91 Å². The number of hydrogen-bond donors (Lipinski definition) is 1. The average Bonchev–Trinajstić information content (AvgIpc) is 3.02. The van der Waals surface area contributed by atoms with Crippen LogP contribution in [0.3, 0.4) is 0 Å². The maximum atomic E-state index is 12.5. The van der Waals surface area contributed by atoms with E-state index in [1.807, 2.05) is 42.5 Å². The summed E-state index contributed by atoms with van der Waals surface area (Å²) in [7, 11) is 0. The summed E-state index contributed by atoms with van der Waals surface area (Å²) in [6, 6.07) is 15.1. The van der Waals surface area contributed by atoms with Crippen molar-refractivity contribution in [3.63, 3.8) is 0 Å². The lowest BCUT2D eigenvalue weighted by Gasteiger charge is -2.23. The van der Waals surface area contributed by atoms with Crippen LogP contribution in [0.4, 0.5) is 5.69 Å². The van der Waals surface area contributed by atoms with Crippen LogP contribution in [0.5, 0.6) is 0 Å². The van der Waals surface area contributed by atoms with E-state index in [-0.39, 0.29) is 18.9 Å². The van der Waals surface area contributed by atoms with Gasteiger partial charge in [-0.25, -0.2) is 4.98 Å². The first kappa shape index (κ1) is 14.8. The summed E-state index contributed by atoms with van der Waals surface area (Å²) < 4.78 is 6.49. The van der Waals surface area contributed by atoms with Gasteiger partial charge in [0, 0.05) is 12.1 Å². The molecule has 1 atom stereocenters. The highest BCUT2D eigenvalue weighted by atomic mass is 32.1. The molecule has 0 saturated heterocycles. The molecule has 6 heteroatoms. The van der Waals surface area contributed by atoms with E-state index in [2.05, 4.69) is 10.3 Å². The van der Waals surface area contributed by atoms with Crippen LogP contribution in [0.15, 0.2) is 48.5 Å². The Morgan fingerprint density at radius 2 is 2.00 bits per heavy atom. The van der Waals surface area contributed by atoms with E-state index in [1.165, 1.54) is 11.3 Å². The highest BCUT2D eigenvalue weighted by molar-refractivity contribution is 7.18. The Labute approximate surface area is 142 Å². The normalized spacial score (nSPS) is 16.5. The van der Waals surface area contributed by atoms with Crippen LogP contribution in [0, 0.1) is 0 Å². The van der Waals surface area contributed by atoms with Crippen molar-refractivity contribution in [3.8, 4) is 0 Å². The number of para-hydroxylation sites is 2. The zero-order valence-corrected chi connectivity index (χ0v) is 13.5. The number of fused-ring (bicyclic) bond motifs is 2. The van der Waals surface area contributed by atoms with Crippen LogP contribution in [0.25, 0.3) is 10.2 Å². The highest BCUT2D eigenvalue weighted by Crippen LogP contribution is 2.33. The lowest BCUT2D eigenvalue weighted by atomic mass is 9.91. The lowest BCUT2D eigenvalue weighted by Crippen LogP contribution is -2.28. The predicted octanol–water partition coefficient (Wildman–Crippen LogP) is 3.47. The Morgan fingerprint density at radius 3 is 2.88 bits per heavy atom. The van der Waals surface area contributed by atoms with Crippen LogP contribution in [0.1, 0.15) is 22.9 Å². The van der Waals surface area contributed by atoms with Crippen molar-refractivity contribution in [2.75, 3.05) is 5.32 Å². The number of ether oxygens (including phenoxy) is 1. The molecule has 2 heterocycles. The van der Waals surface area contributed by atoms with E-state index in [0.29, 0.717) is 5.69 Å². The molecule has 5 nitrogen and oxygen atoms in total. The van der Waals surface area contributed by atoms with Crippen molar-refractivity contribution < 1.29 is 14.3 Å². The van der Waals surface area contributed by atoms with Crippen molar-refractivity contribution in [1.82, 2.24) is 4.98 Å². The van der Waals surface area contributed by atoms with Crippen LogP contribution in [-0.4, -0.2) is 16.9 Å². The van der Waals surface area contributed by atoms with E-state index in [9.17, 15) is 9.59 Å². The Kier molecular flexibility index (Phi) is 3.74. The molecule has 4 rings (SSSR count). The predicted molar refractivity (Wildman–Crippen MR) is 91.8 cm³/mol. The fourth-order valence-corrected chi connectivity index (χ4v) is 3.72. The quantitative estimate of drug-likeness (QED) is 0.743. The number of thiazole rings is 1. The Balaban J connectivity index is 1.51. The molecular weight excluding hydrogens is 324 g/mol. The minimum atomic E-state index is -0.565. The molecule has 24 heavy (non-hydrogen) atoms. The van der Waals surface area contributed by atoms with Gasteiger partial charge < -0.3 is 10.1 Å². The number of carbonyl (C=O) groups is 2. The fraction of sp³-hybridized carbons (Fsp3) is 0.167. The Morgan fingerprint density at radius 1 is 1.21 bits per heavy atom. The molecule has 1 aromatic heterocycles. The van der Waals surface area contributed by atoms with E-state index in [1.54, 1.807) is 6.07 Å². The molecule has 1 aliphatic heterocycles. The van der Waals surface area contributed by atoms with Gasteiger partial charge in [-0.2, -0.15) is 0 Å². The number of hydrogen-bond acceptors (Lipinski definition) is 5. The number of anilines is 1. The molecular formula is C18H14N2O3S. The topological polar surface area (TPSA) is 68.3 Å². The van der Waals surface area contributed by atoms with Gasteiger partial charge in [-0.1, -0.05) is 30.3 Å². The van der Waals surface area contributed by atoms with Gasteiger partial charge in [-0.05, 0) is 23.8 Å². The minimum Gasteiger partial charge on any atom is -0.458 e. The van der Waals surface area contributed by atoms with Gasteiger partial charge >= 0.3 is 5.97 Å². The van der Waals surface area contributed by atoms with Crippen LogP contribution in [0.2, 0.25) is 0 Å². The van der Waals surface area contributed by atoms with Crippen LogP contribution in [-0.2, 0) is 20.9 Å². The van der Waals surface area contributed by atoms with E-state index < -0.39 is 11.9 Å². The number of benzene rings is 2. The maximum Gasteiger partial charge on any atom is 0.314 e. The molecule has 2 aromatic carbocycles. The van der Waals surface area contributed by atoms with E-state index in [0.717, 1.165) is 20.8 Å². The second-order valence-corrected chi connectivity index (χ2v) is 6.69. The molecule has 1 aliphatic rings. The standard InChI is InChI=1S/C18H14N2O3S/c21-16-9-12(11-5-1-2-6-13(11)19-16)18(22)23-10-17-20-14-7-3-4-8-15(14)24-17/h1-8,12H,9-10H2,(H,19,21). The Hall–Kier alpha value is -2.73. The van der Waals surface area contributed by atoms with Crippen molar-refractivity contribution in [1.29, 1.82) is 0 Å². The number of nitrogens with one attached hydrogen (secondary N) is 1. The molecule has 3 aromatic rings. The first-order valence-corrected chi connectivity index (χ1v) is 8.42. The molecule has 0 spiro atoms. The molecule has 0 radical (unpaired) electrons. The first-order chi connectivity index (χ1) is 11.7. The summed E-state index contributed by atoms with van der Waals surface area (Å²) in [5, 5.41) is 3.53. The minimum absolute atomic E-state index is 0.107. The summed E-state index contributed by atoms with van der Waals surface area (Å²) in [6.45, 7) is 0.123. The summed E-state index contributed by atoms with van der Waals surface area (Å²) >= 11 is 1.50. The first-order valence-electron chi connectivity index (χ1n) is 7.60. The third-order valence-electron chi connectivity index (χ3n) is 3.96. The molecule has 0 aliphatic carbocycles. The fourth-order valence-electron chi connectivity index (χ4n) is 2.84. The van der Waals surface area contributed by atoms with Crippen LogP contribution >= 0.6 is 11.3 Å². The smallest absolute Gasteiger partial charge is 0.314 e. The molecule has 1 unspecified atom stereocenters. The summed E-state index contributed by atoms with van der Waals surface area (Å²) in [5.74, 6) is -1.13. The lowest BCUT2D eigenvalue weighted by molar-refractivity contribution is -0.148. The number of amides is 1. The third-order valence-corrected chi connectivity index (χ3v) is 4.97. The van der Waals surface area contributed by atoms with Crippen LogP contribution < -0.4 is 5.32 Å². The van der Waals surface area contributed by atoms with Crippen molar-refractivity contribution >= 4 is 39.1 Å². The summed E-state index contributed by atoms with van der Waals surface area (Å²) in [5.41, 5.74) is 2.37. The highest BCUT2D eigenvalue weighted by Gasteiger charge is 2.31. The molecule has 0 fully saturated rings. The van der Waals surface area contributed by atoms with Gasteiger partial charge in [-0.3, -0.25) is 9.59 Å². The number of esters is 1. The molecule has 0 bridgehead atoms. The second kappa shape index (κ2) is 6.05. The number of rotatable bonds is 3. The number of nitrogens with zero attached hydrogens (tertiary/aromatic N) is 1. The maximum absolute atomic E-state index is 12.5. The monoisotopic (exact) mass is 338 g/mol. The SMILES string of the molecule is O=C1CC(C(=O)OCc2nc3ccccc3s2)c2ccccc2N1. The Bertz CT molecular complexity index is 902. The van der Waals surface area contributed by atoms with Gasteiger partial charge in [0.05, 0.1) is 16.1 Å². The average molecular weight is 338 g/mol. The van der Waals surface area contributed by atoms with Gasteiger partial charge in [0.25, 0.3) is 0 Å².